The third-order valence-electron chi connectivity index (χ3n) is 5.04. The van der Waals surface area contributed by atoms with Crippen molar-refractivity contribution in [3.05, 3.63) is 23.4 Å². The van der Waals surface area contributed by atoms with E-state index in [0.29, 0.717) is 5.69 Å². The van der Waals surface area contributed by atoms with E-state index in [-0.39, 0.29) is 11.5 Å². The molecule has 2 rings (SSSR count). The van der Waals surface area contributed by atoms with Crippen molar-refractivity contribution in [2.45, 2.75) is 56.4 Å². The highest BCUT2D eigenvalue weighted by Crippen LogP contribution is 2.30. The number of carboxylic acids is 1. The molecule has 7 N–H and O–H groups in total. The molecule has 0 spiro atoms. The predicted octanol–water partition coefficient (Wildman–Crippen LogP) is -2.85. The topological polar surface area (TPSA) is 212 Å². The Labute approximate surface area is 171 Å². The lowest BCUT2D eigenvalue weighted by Gasteiger charge is -2.42. The molecule has 13 heteroatoms. The second kappa shape index (κ2) is 9.78. The van der Waals surface area contributed by atoms with Crippen molar-refractivity contribution >= 4 is 11.9 Å². The fourth-order valence-corrected chi connectivity index (χ4v) is 3.27. The van der Waals surface area contributed by atoms with Crippen molar-refractivity contribution in [3.8, 4) is 0 Å². The van der Waals surface area contributed by atoms with Crippen LogP contribution >= 0.6 is 0 Å². The number of ether oxygens (including phenoxy) is 1. The van der Waals surface area contributed by atoms with Gasteiger partial charge in [0.2, 0.25) is 5.91 Å². The number of carbonyl (C=O) groups excluding carboxylic acids is 1. The van der Waals surface area contributed by atoms with Crippen molar-refractivity contribution in [2.24, 2.45) is 5.92 Å². The Balaban J connectivity index is 2.25. The number of hydrogen-bond acceptors (Lipinski definition) is 10. The van der Waals surface area contributed by atoms with Crippen LogP contribution in [0.2, 0.25) is 0 Å². The molecular formula is C17H27N4O9-. The smallest absolute Gasteiger partial charge is 0.326 e. The molecule has 0 bridgehead atoms. The lowest BCUT2D eigenvalue weighted by molar-refractivity contribution is -0.160. The number of nitrogens with one attached hydrogen (secondary N) is 2. The minimum absolute atomic E-state index is 0.187. The number of nitrogens with zero attached hydrogens (tertiary/aromatic N) is 2. The van der Waals surface area contributed by atoms with Crippen LogP contribution in [0.5, 0.6) is 0 Å². The van der Waals surface area contributed by atoms with E-state index in [2.05, 4.69) is 15.3 Å². The highest BCUT2D eigenvalue weighted by atomic mass is 16.6. The summed E-state index contributed by atoms with van der Waals surface area (Å²) < 4.78 is 5.36. The number of aliphatic carboxylic acids is 1. The van der Waals surface area contributed by atoms with Crippen LogP contribution in [0.25, 0.3) is 0 Å². The largest absolute Gasteiger partial charge is 0.756 e. The van der Waals surface area contributed by atoms with E-state index in [1.807, 2.05) is 0 Å². The molecule has 0 unspecified atom stereocenters. The molecule has 0 saturated carbocycles. The molecule has 0 radical (unpaired) electrons. The number of carbonyl (C=O) groups is 2. The second-order valence-corrected chi connectivity index (χ2v) is 7.49. The third-order valence-corrected chi connectivity index (χ3v) is 5.04. The van der Waals surface area contributed by atoms with E-state index in [4.69, 9.17) is 4.74 Å². The molecule has 2 heterocycles. The maximum Gasteiger partial charge on any atom is 0.326 e. The van der Waals surface area contributed by atoms with E-state index in [1.165, 1.54) is 12.5 Å². The van der Waals surface area contributed by atoms with Crippen molar-refractivity contribution in [3.63, 3.8) is 0 Å². The van der Waals surface area contributed by atoms with Gasteiger partial charge in [-0.15, -0.1) is 0 Å². The maximum absolute atomic E-state index is 12.9. The van der Waals surface area contributed by atoms with Crippen LogP contribution < -0.4 is 5.32 Å². The first-order valence-corrected chi connectivity index (χ1v) is 9.31. The van der Waals surface area contributed by atoms with Gasteiger partial charge in [0.25, 0.3) is 0 Å². The Kier molecular flexibility index (Phi) is 7.87. The summed E-state index contributed by atoms with van der Waals surface area (Å²) in [5, 5.41) is 63.8. The van der Waals surface area contributed by atoms with Crippen LogP contribution in [0.15, 0.2) is 12.5 Å². The van der Waals surface area contributed by atoms with E-state index < -0.39 is 67.1 Å². The minimum Gasteiger partial charge on any atom is -0.756 e. The number of rotatable bonds is 10. The molecule has 0 aliphatic carbocycles. The van der Waals surface area contributed by atoms with E-state index in [9.17, 15) is 40.3 Å². The first kappa shape index (κ1) is 24.1. The van der Waals surface area contributed by atoms with Gasteiger partial charge in [-0.05, 0) is 5.92 Å². The molecule has 1 aliphatic rings. The average Bonchev–Trinajstić information content (AvgIpc) is 3.31. The first-order chi connectivity index (χ1) is 14.1. The van der Waals surface area contributed by atoms with Gasteiger partial charge < -0.3 is 45.5 Å². The Morgan fingerprint density at radius 3 is 2.50 bits per heavy atom. The van der Waals surface area contributed by atoms with Gasteiger partial charge in [0.05, 0.1) is 25.6 Å². The van der Waals surface area contributed by atoms with E-state index in [0.717, 1.165) is 0 Å². The van der Waals surface area contributed by atoms with Gasteiger partial charge in [-0.25, -0.2) is 4.98 Å². The quantitative estimate of drug-likeness (QED) is 0.187. The zero-order chi connectivity index (χ0) is 22.6. The molecule has 1 amide bonds. The Bertz CT molecular complexity index is 716. The Morgan fingerprint density at radius 1 is 1.40 bits per heavy atom. The number of amides is 1. The standard InChI is InChI=1S/C17H27N4O9/c1-8(2)12(20-17(6-23)14(25)13(24)11(5-22)30-17)15(26)21(29)10(16(27)28)3-9-4-18-7-19-9/h4,7-8,10-14,20,22-25H,3,5-6H2,1-2H3,(H,18,19)(H,27,28)/q-1/t10-,11+,12-,13+,14-,17-/m0/s1. The number of aromatic nitrogens is 2. The zero-order valence-electron chi connectivity index (χ0n) is 16.5. The van der Waals surface area contributed by atoms with Crippen LogP contribution in [0.4, 0.5) is 0 Å². The van der Waals surface area contributed by atoms with E-state index >= 15 is 0 Å². The summed E-state index contributed by atoms with van der Waals surface area (Å²) in [6.07, 6.45) is -2.21. The van der Waals surface area contributed by atoms with Crippen LogP contribution in [-0.4, -0.2) is 102 Å². The number of hydroxylamine groups is 2. The fraction of sp³-hybridized carbons (Fsp3) is 0.706. The number of aliphatic hydroxyl groups is 4. The monoisotopic (exact) mass is 431 g/mol. The average molecular weight is 431 g/mol. The lowest BCUT2D eigenvalue weighted by atomic mass is 9.97. The van der Waals surface area contributed by atoms with Gasteiger partial charge in [0.15, 0.2) is 5.72 Å². The predicted molar refractivity (Wildman–Crippen MR) is 99.5 cm³/mol. The van der Waals surface area contributed by atoms with Crippen molar-refractivity contribution < 1.29 is 39.9 Å². The molecule has 13 nitrogen and oxygen atoms in total. The second-order valence-electron chi connectivity index (χ2n) is 7.49. The third kappa shape index (κ3) is 4.78. The SMILES string of the molecule is CC(C)[C@H](N[C@@]1(CO)O[C@H](CO)[C@@H](O)[C@@H]1O)C(=O)N([O-])[C@@H](Cc1cnc[nH]1)C(=O)O. The van der Waals surface area contributed by atoms with Crippen molar-refractivity contribution in [2.75, 3.05) is 13.2 Å². The number of hydrogen-bond donors (Lipinski definition) is 7. The Hall–Kier alpha value is -2.13. The first-order valence-electron chi connectivity index (χ1n) is 9.31. The molecular weight excluding hydrogens is 404 g/mol. The molecule has 1 aromatic heterocycles. The fourth-order valence-electron chi connectivity index (χ4n) is 3.27. The minimum atomic E-state index is -2.04. The summed E-state index contributed by atoms with van der Waals surface area (Å²) in [5.41, 5.74) is -1.71. The lowest BCUT2D eigenvalue weighted by Crippen LogP contribution is -2.65. The molecule has 1 saturated heterocycles. The van der Waals surface area contributed by atoms with Crippen LogP contribution in [0.1, 0.15) is 19.5 Å². The summed E-state index contributed by atoms with van der Waals surface area (Å²) in [5.74, 6) is -3.29. The van der Waals surface area contributed by atoms with Crippen molar-refractivity contribution in [1.82, 2.24) is 20.3 Å². The molecule has 1 fully saturated rings. The molecule has 0 aromatic carbocycles. The van der Waals surface area contributed by atoms with Crippen LogP contribution in [0.3, 0.4) is 0 Å². The number of aliphatic hydroxyl groups excluding tert-OH is 4. The highest BCUT2D eigenvalue weighted by Gasteiger charge is 2.55. The van der Waals surface area contributed by atoms with Crippen molar-refractivity contribution in [1.29, 1.82) is 0 Å². The van der Waals surface area contributed by atoms with Crippen LogP contribution in [0, 0.1) is 11.1 Å². The number of imidazole rings is 1. The molecule has 1 aliphatic heterocycles. The van der Waals surface area contributed by atoms with Gasteiger partial charge in [-0.2, -0.15) is 0 Å². The van der Waals surface area contributed by atoms with Gasteiger partial charge in [0.1, 0.15) is 24.4 Å². The zero-order valence-corrected chi connectivity index (χ0v) is 16.5. The summed E-state index contributed by atoms with van der Waals surface area (Å²) in [4.78, 5) is 30.9. The number of carboxylic acid groups (broad SMARTS) is 1. The molecule has 170 valence electrons. The maximum atomic E-state index is 12.9. The molecule has 6 atom stereocenters. The van der Waals surface area contributed by atoms with Crippen LogP contribution in [-0.2, 0) is 20.7 Å². The number of aromatic amines is 1. The van der Waals surface area contributed by atoms with E-state index in [1.54, 1.807) is 13.8 Å². The Morgan fingerprint density at radius 2 is 2.07 bits per heavy atom. The normalized spacial score (nSPS) is 28.5. The van der Waals surface area contributed by atoms with Gasteiger partial charge in [-0.1, -0.05) is 13.8 Å². The molecule has 1 aromatic rings. The van der Waals surface area contributed by atoms with Gasteiger partial charge >= 0.3 is 5.97 Å². The number of H-pyrrole nitrogens is 1. The van der Waals surface area contributed by atoms with Gasteiger partial charge in [0, 0.05) is 18.3 Å². The summed E-state index contributed by atoms with van der Waals surface area (Å²) in [6, 6.07) is -3.13. The summed E-state index contributed by atoms with van der Waals surface area (Å²) >= 11 is 0. The summed E-state index contributed by atoms with van der Waals surface area (Å²) in [7, 11) is 0. The van der Waals surface area contributed by atoms with Gasteiger partial charge in [-0.3, -0.25) is 14.9 Å². The molecule has 30 heavy (non-hydrogen) atoms. The highest BCUT2D eigenvalue weighted by molar-refractivity contribution is 5.87. The summed E-state index contributed by atoms with van der Waals surface area (Å²) in [6.45, 7) is 1.55.